The number of carbonyl (C=O) groups is 1. The topological polar surface area (TPSA) is 60.8 Å². The molecule has 5 heteroatoms. The van der Waals surface area contributed by atoms with E-state index in [2.05, 4.69) is 11.8 Å². The summed E-state index contributed by atoms with van der Waals surface area (Å²) < 4.78 is 0. The van der Waals surface area contributed by atoms with E-state index in [1.54, 1.807) is 17.4 Å². The maximum atomic E-state index is 10.4. The summed E-state index contributed by atoms with van der Waals surface area (Å²) in [6.45, 7) is 4.79. The van der Waals surface area contributed by atoms with Gasteiger partial charge in [-0.25, -0.2) is 4.79 Å². The van der Waals surface area contributed by atoms with Gasteiger partial charge in [-0.3, -0.25) is 4.90 Å². The molecule has 0 aliphatic carbocycles. The molecule has 2 unspecified atom stereocenters. The normalized spacial score (nSPS) is 24.9. The average Bonchev–Trinajstić information content (AvgIpc) is 2.79. The first-order valence-electron chi connectivity index (χ1n) is 6.43. The Bertz CT molecular complexity index is 469. The lowest BCUT2D eigenvalue weighted by Crippen LogP contribution is -2.41. The third-order valence-corrected chi connectivity index (χ3v) is 4.36. The zero-order valence-corrected chi connectivity index (χ0v) is 11.8. The van der Waals surface area contributed by atoms with Gasteiger partial charge in [0.1, 0.15) is 0 Å². The molecule has 0 saturated carbocycles. The number of aliphatic carboxylic acids is 1. The van der Waals surface area contributed by atoms with Crippen molar-refractivity contribution in [1.29, 1.82) is 0 Å². The first-order chi connectivity index (χ1) is 9.04. The maximum Gasteiger partial charge on any atom is 0.328 e. The Labute approximate surface area is 117 Å². The Hall–Kier alpha value is -1.17. The van der Waals surface area contributed by atoms with Gasteiger partial charge in [0, 0.05) is 30.6 Å². The molecule has 1 aliphatic heterocycles. The van der Waals surface area contributed by atoms with Gasteiger partial charge in [-0.1, -0.05) is 6.92 Å². The number of hydrogen-bond acceptors (Lipinski definition) is 4. The van der Waals surface area contributed by atoms with E-state index in [-0.39, 0.29) is 6.10 Å². The second kappa shape index (κ2) is 6.32. The van der Waals surface area contributed by atoms with Crippen LogP contribution in [0.4, 0.5) is 0 Å². The summed E-state index contributed by atoms with van der Waals surface area (Å²) in [6, 6.07) is 2.03. The monoisotopic (exact) mass is 281 g/mol. The Morgan fingerprint density at radius 2 is 2.42 bits per heavy atom. The molecule has 4 nitrogen and oxygen atoms in total. The smallest absolute Gasteiger partial charge is 0.328 e. The Morgan fingerprint density at radius 1 is 1.63 bits per heavy atom. The quantitative estimate of drug-likeness (QED) is 0.829. The number of piperidine rings is 1. The molecule has 104 valence electrons. The first kappa shape index (κ1) is 14.2. The number of carboxylic acid groups (broad SMARTS) is 1. The third kappa shape index (κ3) is 4.16. The van der Waals surface area contributed by atoms with Crippen molar-refractivity contribution in [2.75, 3.05) is 13.1 Å². The van der Waals surface area contributed by atoms with Crippen LogP contribution < -0.4 is 0 Å². The lowest BCUT2D eigenvalue weighted by Gasteiger charge is -2.34. The molecule has 2 rings (SSSR count). The fraction of sp³-hybridized carbons (Fsp3) is 0.500. The van der Waals surface area contributed by atoms with Crippen molar-refractivity contribution in [1.82, 2.24) is 4.90 Å². The molecule has 0 radical (unpaired) electrons. The molecular formula is C14H19NO3S. The molecule has 0 amide bonds. The highest BCUT2D eigenvalue weighted by molar-refractivity contribution is 7.10. The Balaban J connectivity index is 1.91. The highest BCUT2D eigenvalue weighted by Gasteiger charge is 2.24. The van der Waals surface area contributed by atoms with Crippen molar-refractivity contribution >= 4 is 23.4 Å². The Kier molecular flexibility index (Phi) is 4.74. The standard InChI is InChI=1S/C14H19NO3S/c1-10-7-15(5-4-13(10)16)8-12-6-11(9-19-12)2-3-14(17)18/h2-3,6,9-10,13,16H,4-5,7-8H2,1H3,(H,17,18)/b3-2+. The van der Waals surface area contributed by atoms with Crippen LogP contribution in [-0.4, -0.2) is 40.3 Å². The van der Waals surface area contributed by atoms with Gasteiger partial charge >= 0.3 is 5.97 Å². The SMILES string of the molecule is CC1CN(Cc2cc(/C=C/C(=O)O)cs2)CCC1O. The highest BCUT2D eigenvalue weighted by Crippen LogP contribution is 2.22. The summed E-state index contributed by atoms with van der Waals surface area (Å²) in [4.78, 5) is 14.0. The number of aliphatic hydroxyl groups is 1. The number of likely N-dealkylation sites (tertiary alicyclic amines) is 1. The van der Waals surface area contributed by atoms with Crippen molar-refractivity contribution < 1.29 is 15.0 Å². The predicted octanol–water partition coefficient (Wildman–Crippen LogP) is 2.05. The summed E-state index contributed by atoms with van der Waals surface area (Å²) in [5.41, 5.74) is 0.937. The van der Waals surface area contributed by atoms with Gasteiger partial charge < -0.3 is 10.2 Å². The van der Waals surface area contributed by atoms with E-state index < -0.39 is 5.97 Å². The number of rotatable bonds is 4. The summed E-state index contributed by atoms with van der Waals surface area (Å²) >= 11 is 1.65. The number of hydrogen-bond donors (Lipinski definition) is 2. The van der Waals surface area contributed by atoms with Gasteiger partial charge in [0.15, 0.2) is 0 Å². The lowest BCUT2D eigenvalue weighted by atomic mass is 9.97. The average molecular weight is 281 g/mol. The van der Waals surface area contributed by atoms with E-state index >= 15 is 0 Å². The van der Waals surface area contributed by atoms with Gasteiger partial charge in [0.25, 0.3) is 0 Å². The molecular weight excluding hydrogens is 262 g/mol. The van der Waals surface area contributed by atoms with Crippen molar-refractivity contribution in [2.24, 2.45) is 5.92 Å². The predicted molar refractivity (Wildman–Crippen MR) is 76.1 cm³/mol. The van der Waals surface area contributed by atoms with Crippen LogP contribution in [0.1, 0.15) is 23.8 Å². The second-order valence-electron chi connectivity index (χ2n) is 5.09. The van der Waals surface area contributed by atoms with E-state index in [4.69, 9.17) is 5.11 Å². The number of aliphatic hydroxyl groups excluding tert-OH is 1. The third-order valence-electron chi connectivity index (χ3n) is 3.42. The molecule has 2 N–H and O–H groups in total. The number of nitrogens with zero attached hydrogens (tertiary/aromatic N) is 1. The molecule has 0 spiro atoms. The highest BCUT2D eigenvalue weighted by atomic mass is 32.1. The fourth-order valence-electron chi connectivity index (χ4n) is 2.32. The zero-order valence-electron chi connectivity index (χ0n) is 11.0. The van der Waals surface area contributed by atoms with Gasteiger partial charge in [-0.2, -0.15) is 0 Å². The molecule has 1 aliphatic rings. The lowest BCUT2D eigenvalue weighted by molar-refractivity contribution is -0.131. The van der Waals surface area contributed by atoms with Gasteiger partial charge in [-0.05, 0) is 35.4 Å². The van der Waals surface area contributed by atoms with Crippen LogP contribution in [0.15, 0.2) is 17.5 Å². The second-order valence-corrected chi connectivity index (χ2v) is 6.08. The molecule has 2 atom stereocenters. The minimum atomic E-state index is -0.924. The van der Waals surface area contributed by atoms with Gasteiger partial charge in [-0.15, -0.1) is 11.3 Å². The van der Waals surface area contributed by atoms with Gasteiger partial charge in [0.2, 0.25) is 0 Å². The summed E-state index contributed by atoms with van der Waals surface area (Å²) in [5, 5.41) is 20.2. The minimum Gasteiger partial charge on any atom is -0.478 e. The van der Waals surface area contributed by atoms with Crippen LogP contribution in [0, 0.1) is 5.92 Å². The summed E-state index contributed by atoms with van der Waals surface area (Å²) in [5.74, 6) is -0.605. The molecule has 1 saturated heterocycles. The van der Waals surface area contributed by atoms with E-state index in [0.717, 1.165) is 37.7 Å². The number of thiophene rings is 1. The van der Waals surface area contributed by atoms with E-state index in [9.17, 15) is 9.90 Å². The molecule has 2 heterocycles. The van der Waals surface area contributed by atoms with Crippen molar-refractivity contribution in [3.8, 4) is 0 Å². The van der Waals surface area contributed by atoms with Crippen LogP contribution >= 0.6 is 11.3 Å². The Morgan fingerprint density at radius 3 is 3.11 bits per heavy atom. The largest absolute Gasteiger partial charge is 0.478 e. The van der Waals surface area contributed by atoms with E-state index in [0.29, 0.717) is 5.92 Å². The summed E-state index contributed by atoms with van der Waals surface area (Å²) in [7, 11) is 0. The molecule has 0 bridgehead atoms. The molecule has 0 aromatic carbocycles. The molecule has 1 aromatic heterocycles. The van der Waals surface area contributed by atoms with Crippen LogP contribution in [0.3, 0.4) is 0 Å². The number of carboxylic acids is 1. The van der Waals surface area contributed by atoms with Crippen LogP contribution in [0.25, 0.3) is 6.08 Å². The fourth-order valence-corrected chi connectivity index (χ4v) is 3.21. The van der Waals surface area contributed by atoms with Crippen molar-refractivity contribution in [3.05, 3.63) is 28.0 Å². The zero-order chi connectivity index (χ0) is 13.8. The van der Waals surface area contributed by atoms with Crippen LogP contribution in [-0.2, 0) is 11.3 Å². The first-order valence-corrected chi connectivity index (χ1v) is 7.31. The van der Waals surface area contributed by atoms with Crippen molar-refractivity contribution in [2.45, 2.75) is 26.0 Å². The minimum absolute atomic E-state index is 0.173. The van der Waals surface area contributed by atoms with Gasteiger partial charge in [0.05, 0.1) is 6.10 Å². The molecule has 1 aromatic rings. The van der Waals surface area contributed by atoms with E-state index in [1.165, 1.54) is 4.88 Å². The molecule has 1 fully saturated rings. The van der Waals surface area contributed by atoms with Crippen LogP contribution in [0.2, 0.25) is 0 Å². The summed E-state index contributed by atoms with van der Waals surface area (Å²) in [6.07, 6.45) is 3.43. The van der Waals surface area contributed by atoms with Crippen LogP contribution in [0.5, 0.6) is 0 Å². The maximum absolute atomic E-state index is 10.4. The molecule has 19 heavy (non-hydrogen) atoms. The van der Waals surface area contributed by atoms with E-state index in [1.807, 2.05) is 11.4 Å². The van der Waals surface area contributed by atoms with Crippen molar-refractivity contribution in [3.63, 3.8) is 0 Å².